The summed E-state index contributed by atoms with van der Waals surface area (Å²) in [6.45, 7) is 3.85. The first kappa shape index (κ1) is 18.0. The number of amides is 1. The molecule has 0 aliphatic rings. The van der Waals surface area contributed by atoms with Crippen molar-refractivity contribution in [2.24, 2.45) is 0 Å². The van der Waals surface area contributed by atoms with E-state index in [1.54, 1.807) is 18.2 Å². The molecule has 0 aliphatic carbocycles. The zero-order valence-electron chi connectivity index (χ0n) is 13.7. The summed E-state index contributed by atoms with van der Waals surface area (Å²) in [5, 5.41) is 2.81. The molecule has 1 N–H and O–H groups in total. The zero-order chi connectivity index (χ0) is 17.7. The van der Waals surface area contributed by atoms with Crippen LogP contribution in [0.15, 0.2) is 42.5 Å². The molecule has 0 fully saturated rings. The van der Waals surface area contributed by atoms with Gasteiger partial charge in [0.05, 0.1) is 5.56 Å². The Morgan fingerprint density at radius 1 is 1.12 bits per heavy atom. The fourth-order valence-electron chi connectivity index (χ4n) is 2.42. The van der Waals surface area contributed by atoms with Crippen molar-refractivity contribution in [3.63, 3.8) is 0 Å². The van der Waals surface area contributed by atoms with Crippen LogP contribution in [0.25, 0.3) is 11.1 Å². The Bertz CT molecular complexity index is 723. The van der Waals surface area contributed by atoms with Crippen LogP contribution in [0, 0.1) is 6.92 Å². The Hall–Kier alpha value is -2.30. The molecular weight excluding hydrogens is 315 g/mol. The molecule has 0 bridgehead atoms. The number of alkyl halides is 3. The maximum Gasteiger partial charge on any atom is 0.416 e. The molecule has 0 atom stereocenters. The molecule has 5 heteroatoms. The van der Waals surface area contributed by atoms with Gasteiger partial charge in [0, 0.05) is 17.7 Å². The molecule has 0 heterocycles. The van der Waals surface area contributed by atoms with E-state index < -0.39 is 11.7 Å². The largest absolute Gasteiger partial charge is 0.416 e. The van der Waals surface area contributed by atoms with E-state index in [2.05, 4.69) is 5.32 Å². The lowest BCUT2D eigenvalue weighted by atomic mass is 9.99. The summed E-state index contributed by atoms with van der Waals surface area (Å²) in [4.78, 5) is 12.0. The maximum atomic E-state index is 12.9. The second kappa shape index (κ2) is 7.51. The normalized spacial score (nSPS) is 11.4. The predicted molar refractivity (Wildman–Crippen MR) is 89.8 cm³/mol. The molecule has 1 amide bonds. The van der Waals surface area contributed by atoms with Crippen molar-refractivity contribution < 1.29 is 18.0 Å². The number of hydrogen-bond acceptors (Lipinski definition) is 1. The molecule has 0 saturated heterocycles. The Morgan fingerprint density at radius 2 is 1.88 bits per heavy atom. The van der Waals surface area contributed by atoms with Crippen LogP contribution in [0.2, 0.25) is 0 Å². The minimum atomic E-state index is -4.40. The number of carbonyl (C=O) groups excluding carboxylic acids is 1. The van der Waals surface area contributed by atoms with Crippen molar-refractivity contribution >= 4 is 11.6 Å². The van der Waals surface area contributed by atoms with Crippen molar-refractivity contribution in [1.29, 1.82) is 0 Å². The standard InChI is InChI=1S/C19H20F3NO/c1-3-4-8-18(24)23-17-10-9-13(2)11-16(17)14-6-5-7-15(12-14)19(20,21)22/h5-7,9-12H,3-4,8H2,1-2H3,(H,23,24). The molecular formula is C19H20F3NO. The number of halogens is 3. The van der Waals surface area contributed by atoms with Gasteiger partial charge >= 0.3 is 6.18 Å². The number of anilines is 1. The van der Waals surface area contributed by atoms with E-state index in [-0.39, 0.29) is 5.91 Å². The van der Waals surface area contributed by atoms with Crippen LogP contribution in [0.1, 0.15) is 37.3 Å². The molecule has 0 radical (unpaired) electrons. The van der Waals surface area contributed by atoms with Crippen molar-refractivity contribution in [2.45, 2.75) is 39.3 Å². The monoisotopic (exact) mass is 335 g/mol. The van der Waals surface area contributed by atoms with Gasteiger partial charge in [0.25, 0.3) is 0 Å². The van der Waals surface area contributed by atoms with E-state index in [4.69, 9.17) is 0 Å². The highest BCUT2D eigenvalue weighted by atomic mass is 19.4. The molecule has 24 heavy (non-hydrogen) atoms. The summed E-state index contributed by atoms with van der Waals surface area (Å²) < 4.78 is 38.8. The molecule has 2 nitrogen and oxygen atoms in total. The average molecular weight is 335 g/mol. The number of carbonyl (C=O) groups is 1. The van der Waals surface area contributed by atoms with Gasteiger partial charge in [-0.25, -0.2) is 0 Å². The van der Waals surface area contributed by atoms with Crippen molar-refractivity contribution in [2.75, 3.05) is 5.32 Å². The van der Waals surface area contributed by atoms with Crippen LogP contribution in [0.4, 0.5) is 18.9 Å². The topological polar surface area (TPSA) is 29.1 Å². The van der Waals surface area contributed by atoms with Gasteiger partial charge in [-0.15, -0.1) is 0 Å². The van der Waals surface area contributed by atoms with Crippen LogP contribution >= 0.6 is 0 Å². The van der Waals surface area contributed by atoms with Crippen LogP contribution in [0.3, 0.4) is 0 Å². The first-order chi connectivity index (χ1) is 11.3. The maximum absolute atomic E-state index is 12.9. The predicted octanol–water partition coefficient (Wildman–Crippen LogP) is 5.81. The Kier molecular flexibility index (Phi) is 5.65. The molecule has 0 saturated carbocycles. The van der Waals surface area contributed by atoms with Gasteiger partial charge in [-0.3, -0.25) is 4.79 Å². The molecule has 128 valence electrons. The summed E-state index contributed by atoms with van der Waals surface area (Å²) in [6, 6.07) is 10.5. The molecule has 0 aromatic heterocycles. The minimum Gasteiger partial charge on any atom is -0.326 e. The van der Waals surface area contributed by atoms with E-state index in [0.717, 1.165) is 30.5 Å². The highest BCUT2D eigenvalue weighted by molar-refractivity contribution is 5.95. The zero-order valence-corrected chi connectivity index (χ0v) is 13.7. The quantitative estimate of drug-likeness (QED) is 0.734. The first-order valence-corrected chi connectivity index (χ1v) is 7.89. The lowest BCUT2D eigenvalue weighted by Gasteiger charge is -2.14. The Labute approximate surface area is 139 Å². The highest BCUT2D eigenvalue weighted by Crippen LogP contribution is 2.35. The summed E-state index contributed by atoms with van der Waals surface area (Å²) in [6.07, 6.45) is -2.32. The molecule has 2 rings (SSSR count). The van der Waals surface area contributed by atoms with Gasteiger partial charge in [-0.2, -0.15) is 13.2 Å². The van der Waals surface area contributed by atoms with E-state index in [0.29, 0.717) is 23.2 Å². The fourth-order valence-corrected chi connectivity index (χ4v) is 2.42. The van der Waals surface area contributed by atoms with E-state index in [1.165, 1.54) is 6.07 Å². The highest BCUT2D eigenvalue weighted by Gasteiger charge is 2.30. The molecule has 0 unspecified atom stereocenters. The van der Waals surface area contributed by atoms with Gasteiger partial charge in [-0.1, -0.05) is 37.1 Å². The SMILES string of the molecule is CCCCC(=O)Nc1ccc(C)cc1-c1cccc(C(F)(F)F)c1. The number of unbranched alkanes of at least 4 members (excludes halogenated alkanes) is 1. The van der Waals surface area contributed by atoms with Crippen LogP contribution in [0.5, 0.6) is 0 Å². The Balaban J connectivity index is 2.39. The summed E-state index contributed by atoms with van der Waals surface area (Å²) in [7, 11) is 0. The third-order valence-electron chi connectivity index (χ3n) is 3.71. The van der Waals surface area contributed by atoms with Gasteiger partial charge in [0.15, 0.2) is 0 Å². The number of benzene rings is 2. The second-order valence-electron chi connectivity index (χ2n) is 5.78. The third kappa shape index (κ3) is 4.60. The smallest absolute Gasteiger partial charge is 0.326 e. The van der Waals surface area contributed by atoms with Crippen molar-refractivity contribution in [3.8, 4) is 11.1 Å². The van der Waals surface area contributed by atoms with Gasteiger partial charge in [-0.05, 0) is 43.2 Å². The lowest BCUT2D eigenvalue weighted by Crippen LogP contribution is -2.12. The van der Waals surface area contributed by atoms with E-state index in [1.807, 2.05) is 19.9 Å². The molecule has 2 aromatic rings. The molecule has 0 aliphatic heterocycles. The van der Waals surface area contributed by atoms with E-state index >= 15 is 0 Å². The fraction of sp³-hybridized carbons (Fsp3) is 0.316. The number of aryl methyl sites for hydroxylation is 1. The van der Waals surface area contributed by atoms with Gasteiger partial charge < -0.3 is 5.32 Å². The van der Waals surface area contributed by atoms with Crippen molar-refractivity contribution in [1.82, 2.24) is 0 Å². The average Bonchev–Trinajstić information content (AvgIpc) is 2.54. The first-order valence-electron chi connectivity index (χ1n) is 7.89. The van der Waals surface area contributed by atoms with Crippen LogP contribution in [-0.2, 0) is 11.0 Å². The minimum absolute atomic E-state index is 0.131. The van der Waals surface area contributed by atoms with Crippen molar-refractivity contribution in [3.05, 3.63) is 53.6 Å². The lowest BCUT2D eigenvalue weighted by molar-refractivity contribution is -0.137. The number of hydrogen-bond donors (Lipinski definition) is 1. The molecule has 2 aromatic carbocycles. The van der Waals surface area contributed by atoms with Crippen LogP contribution < -0.4 is 5.32 Å². The second-order valence-corrected chi connectivity index (χ2v) is 5.78. The number of rotatable bonds is 5. The molecule has 0 spiro atoms. The van der Waals surface area contributed by atoms with Gasteiger partial charge in [0.1, 0.15) is 0 Å². The number of nitrogens with one attached hydrogen (secondary N) is 1. The van der Waals surface area contributed by atoms with Crippen LogP contribution in [-0.4, -0.2) is 5.91 Å². The summed E-state index contributed by atoms with van der Waals surface area (Å²) >= 11 is 0. The Morgan fingerprint density at radius 3 is 2.54 bits per heavy atom. The van der Waals surface area contributed by atoms with E-state index in [9.17, 15) is 18.0 Å². The third-order valence-corrected chi connectivity index (χ3v) is 3.71. The summed E-state index contributed by atoms with van der Waals surface area (Å²) in [5.74, 6) is -0.131. The summed E-state index contributed by atoms with van der Waals surface area (Å²) in [5.41, 5.74) is 1.75. The van der Waals surface area contributed by atoms with Gasteiger partial charge in [0.2, 0.25) is 5.91 Å².